The van der Waals surface area contributed by atoms with Crippen LogP contribution in [-0.4, -0.2) is 44.1 Å². The summed E-state index contributed by atoms with van der Waals surface area (Å²) in [4.78, 5) is 13.3. The molecule has 8 heteroatoms. The molecule has 1 aliphatic rings. The van der Waals surface area contributed by atoms with Gasteiger partial charge in [-0.1, -0.05) is 41.7 Å². The van der Waals surface area contributed by atoms with Crippen LogP contribution < -0.4 is 4.90 Å². The lowest BCUT2D eigenvalue weighted by molar-refractivity contribution is -0.137. The lowest BCUT2D eigenvalue weighted by Gasteiger charge is -2.32. The van der Waals surface area contributed by atoms with Gasteiger partial charge < -0.3 is 10.0 Å². The molecule has 2 aromatic heterocycles. The van der Waals surface area contributed by atoms with E-state index < -0.39 is 5.97 Å². The molecule has 1 N–H and O–H groups in total. The first-order chi connectivity index (χ1) is 12.7. The third kappa shape index (κ3) is 3.45. The fourth-order valence-electron chi connectivity index (χ4n) is 3.38. The molecule has 0 spiro atoms. The summed E-state index contributed by atoms with van der Waals surface area (Å²) in [5.41, 5.74) is 2.05. The monoisotopic (exact) mass is 369 g/mol. The highest BCUT2D eigenvalue weighted by molar-refractivity contribution is 7.18. The molecule has 4 rings (SSSR count). The van der Waals surface area contributed by atoms with E-state index in [2.05, 4.69) is 20.2 Å². The molecule has 134 valence electrons. The van der Waals surface area contributed by atoms with Crippen molar-refractivity contribution in [2.75, 3.05) is 18.0 Å². The van der Waals surface area contributed by atoms with Gasteiger partial charge in [0.25, 0.3) is 0 Å². The van der Waals surface area contributed by atoms with Crippen molar-refractivity contribution in [3.63, 3.8) is 0 Å². The molecule has 1 fully saturated rings. The highest BCUT2D eigenvalue weighted by atomic mass is 32.1. The highest BCUT2D eigenvalue weighted by Gasteiger charge is 2.26. The lowest BCUT2D eigenvalue weighted by Crippen LogP contribution is -2.35. The van der Waals surface area contributed by atoms with Crippen molar-refractivity contribution in [3.05, 3.63) is 48.3 Å². The second-order valence-electron chi connectivity index (χ2n) is 6.35. The van der Waals surface area contributed by atoms with Gasteiger partial charge in [-0.2, -0.15) is 5.10 Å². The van der Waals surface area contributed by atoms with Crippen molar-refractivity contribution in [1.29, 1.82) is 0 Å². The zero-order valence-corrected chi connectivity index (χ0v) is 15.0. The van der Waals surface area contributed by atoms with Crippen molar-refractivity contribution in [3.8, 4) is 10.6 Å². The van der Waals surface area contributed by atoms with Gasteiger partial charge in [-0.3, -0.25) is 9.48 Å². The minimum Gasteiger partial charge on any atom is -0.480 e. The molecular weight excluding hydrogens is 350 g/mol. The maximum absolute atomic E-state index is 11.0. The number of anilines is 1. The zero-order valence-electron chi connectivity index (χ0n) is 14.2. The molecule has 1 unspecified atom stereocenters. The largest absolute Gasteiger partial charge is 0.480 e. The molecule has 0 saturated carbocycles. The fourth-order valence-corrected chi connectivity index (χ4v) is 4.27. The first kappa shape index (κ1) is 16.7. The van der Waals surface area contributed by atoms with E-state index in [0.29, 0.717) is 0 Å². The number of carboxylic acids is 1. The third-order valence-corrected chi connectivity index (χ3v) is 5.61. The number of carbonyl (C=O) groups is 1. The number of carboxylic acid groups (broad SMARTS) is 1. The van der Waals surface area contributed by atoms with Gasteiger partial charge in [-0.05, 0) is 18.9 Å². The smallest absolute Gasteiger partial charge is 0.325 e. The topological polar surface area (TPSA) is 84.1 Å². The minimum absolute atomic E-state index is 0.101. The van der Waals surface area contributed by atoms with Gasteiger partial charge >= 0.3 is 5.97 Å². The van der Waals surface area contributed by atoms with Crippen LogP contribution in [0.25, 0.3) is 10.6 Å². The molecule has 7 nitrogen and oxygen atoms in total. The van der Waals surface area contributed by atoms with Crippen LogP contribution in [0.4, 0.5) is 5.13 Å². The van der Waals surface area contributed by atoms with Crippen molar-refractivity contribution in [1.82, 2.24) is 20.0 Å². The summed E-state index contributed by atoms with van der Waals surface area (Å²) in [6, 6.07) is 12.0. The quantitative estimate of drug-likeness (QED) is 0.744. The molecule has 0 amide bonds. The number of nitrogens with zero attached hydrogens (tertiary/aromatic N) is 5. The standard InChI is InChI=1S/C18H19N5O2S/c24-16(25)12-23-15(8-9-19-23)14-7-4-10-22(11-14)18-21-20-17(26-18)13-5-2-1-3-6-13/h1-3,5-6,8-9,14H,4,7,10-12H2,(H,24,25). The van der Waals surface area contributed by atoms with E-state index in [1.807, 2.05) is 36.4 Å². The van der Waals surface area contributed by atoms with E-state index in [9.17, 15) is 4.79 Å². The van der Waals surface area contributed by atoms with E-state index >= 15 is 0 Å². The van der Waals surface area contributed by atoms with Crippen LogP contribution >= 0.6 is 11.3 Å². The van der Waals surface area contributed by atoms with Crippen molar-refractivity contribution < 1.29 is 9.90 Å². The predicted octanol–water partition coefficient (Wildman–Crippen LogP) is 2.87. The molecule has 0 radical (unpaired) electrons. The van der Waals surface area contributed by atoms with E-state index in [1.54, 1.807) is 22.2 Å². The average molecular weight is 369 g/mol. The molecule has 0 bridgehead atoms. The highest BCUT2D eigenvalue weighted by Crippen LogP contribution is 2.33. The number of aromatic nitrogens is 4. The van der Waals surface area contributed by atoms with Gasteiger partial charge in [0.2, 0.25) is 5.13 Å². The second kappa shape index (κ2) is 7.25. The summed E-state index contributed by atoms with van der Waals surface area (Å²) >= 11 is 1.59. The molecule has 1 saturated heterocycles. The first-order valence-electron chi connectivity index (χ1n) is 8.58. The van der Waals surface area contributed by atoms with Gasteiger partial charge in [0, 0.05) is 36.5 Å². The number of benzene rings is 1. The minimum atomic E-state index is -0.876. The second-order valence-corrected chi connectivity index (χ2v) is 7.30. The molecule has 0 aliphatic carbocycles. The Labute approximate surface area is 154 Å². The normalized spacial score (nSPS) is 17.4. The van der Waals surface area contributed by atoms with E-state index in [-0.39, 0.29) is 12.5 Å². The summed E-state index contributed by atoms with van der Waals surface area (Å²) in [5.74, 6) is -0.631. The van der Waals surface area contributed by atoms with Crippen molar-refractivity contribution in [2.24, 2.45) is 0 Å². The lowest BCUT2D eigenvalue weighted by atomic mass is 9.95. The van der Waals surface area contributed by atoms with Crippen LogP contribution in [0.1, 0.15) is 24.5 Å². The van der Waals surface area contributed by atoms with Crippen LogP contribution in [0.2, 0.25) is 0 Å². The Balaban J connectivity index is 1.52. The van der Waals surface area contributed by atoms with Crippen LogP contribution in [-0.2, 0) is 11.3 Å². The summed E-state index contributed by atoms with van der Waals surface area (Å²) in [6.45, 7) is 1.64. The maximum Gasteiger partial charge on any atom is 0.325 e. The predicted molar refractivity (Wildman–Crippen MR) is 99.4 cm³/mol. The third-order valence-electron chi connectivity index (χ3n) is 4.58. The van der Waals surface area contributed by atoms with Gasteiger partial charge in [0.05, 0.1) is 0 Å². The number of piperidine rings is 1. The van der Waals surface area contributed by atoms with Crippen LogP contribution in [0.15, 0.2) is 42.6 Å². The number of hydrogen-bond donors (Lipinski definition) is 1. The van der Waals surface area contributed by atoms with Crippen LogP contribution in [0, 0.1) is 0 Å². The SMILES string of the molecule is O=C(O)Cn1nccc1C1CCCN(c2nnc(-c3ccccc3)s2)C1. The summed E-state index contributed by atoms with van der Waals surface area (Å²) in [6.07, 6.45) is 3.73. The molecule has 1 aliphatic heterocycles. The zero-order chi connectivity index (χ0) is 17.9. The summed E-state index contributed by atoms with van der Waals surface area (Å²) in [7, 11) is 0. The first-order valence-corrected chi connectivity index (χ1v) is 9.40. The Morgan fingerprint density at radius 1 is 1.23 bits per heavy atom. The Morgan fingerprint density at radius 2 is 2.08 bits per heavy atom. The number of rotatable bonds is 5. The van der Waals surface area contributed by atoms with Gasteiger partial charge in [-0.25, -0.2) is 0 Å². The van der Waals surface area contributed by atoms with E-state index in [1.165, 1.54) is 0 Å². The van der Waals surface area contributed by atoms with Crippen molar-refractivity contribution >= 4 is 22.4 Å². The van der Waals surface area contributed by atoms with Gasteiger partial charge in [0.15, 0.2) is 0 Å². The van der Waals surface area contributed by atoms with Crippen molar-refractivity contribution in [2.45, 2.75) is 25.3 Å². The summed E-state index contributed by atoms with van der Waals surface area (Å²) in [5, 5.41) is 23.8. The Morgan fingerprint density at radius 3 is 2.88 bits per heavy atom. The summed E-state index contributed by atoms with van der Waals surface area (Å²) < 4.78 is 1.59. The molecule has 1 atom stereocenters. The molecule has 3 aromatic rings. The molecular formula is C18H19N5O2S. The Kier molecular flexibility index (Phi) is 4.66. The average Bonchev–Trinajstić information content (AvgIpc) is 3.32. The Bertz CT molecular complexity index is 892. The van der Waals surface area contributed by atoms with Gasteiger partial charge in [-0.15, -0.1) is 10.2 Å². The van der Waals surface area contributed by atoms with Gasteiger partial charge in [0.1, 0.15) is 11.6 Å². The molecule has 1 aromatic carbocycles. The maximum atomic E-state index is 11.0. The van der Waals surface area contributed by atoms with E-state index in [0.717, 1.165) is 47.3 Å². The Hall–Kier alpha value is -2.74. The van der Waals surface area contributed by atoms with Crippen LogP contribution in [0.3, 0.4) is 0 Å². The fraction of sp³-hybridized carbons (Fsp3) is 0.333. The molecule has 3 heterocycles. The number of aliphatic carboxylic acids is 1. The number of hydrogen-bond acceptors (Lipinski definition) is 6. The molecule has 26 heavy (non-hydrogen) atoms. The van der Waals surface area contributed by atoms with E-state index in [4.69, 9.17) is 5.11 Å². The van der Waals surface area contributed by atoms with Crippen LogP contribution in [0.5, 0.6) is 0 Å².